The largest absolute Gasteiger partial charge is 0.355 e. The molecule has 16 heavy (non-hydrogen) atoms. The Morgan fingerprint density at radius 1 is 1.44 bits per heavy atom. The van der Waals surface area contributed by atoms with Crippen molar-refractivity contribution in [3.8, 4) is 0 Å². The first-order chi connectivity index (χ1) is 7.59. The molecule has 1 heterocycles. The van der Waals surface area contributed by atoms with Crippen LogP contribution in [-0.2, 0) is 6.42 Å². The number of hydrogen-bond acceptors (Lipinski definition) is 3. The fourth-order valence-electron chi connectivity index (χ4n) is 1.82. The van der Waals surface area contributed by atoms with Crippen LogP contribution in [0, 0.1) is 5.92 Å². The highest BCUT2D eigenvalue weighted by Crippen LogP contribution is 2.24. The highest BCUT2D eigenvalue weighted by molar-refractivity contribution is 6.05. The van der Waals surface area contributed by atoms with Crippen molar-refractivity contribution in [2.75, 3.05) is 0 Å². The van der Waals surface area contributed by atoms with E-state index >= 15 is 0 Å². The van der Waals surface area contributed by atoms with Gasteiger partial charge in [0.15, 0.2) is 11.4 Å². The second kappa shape index (κ2) is 4.08. The van der Waals surface area contributed by atoms with Gasteiger partial charge in [0.05, 0.1) is 11.3 Å². The number of rotatable bonds is 3. The minimum atomic E-state index is 0.0119. The lowest BCUT2D eigenvalue weighted by Gasteiger charge is -2.00. The lowest BCUT2D eigenvalue weighted by Crippen LogP contribution is -1.95. The smallest absolute Gasteiger partial charge is 0.177 e. The fraction of sp³-hybridized carbons (Fsp3) is 0.385. The summed E-state index contributed by atoms with van der Waals surface area (Å²) in [7, 11) is 0. The molecular weight excluding hydrogens is 202 g/mol. The number of nitrogens with zero attached hydrogens (tertiary/aromatic N) is 1. The minimum absolute atomic E-state index is 0.0119. The Hall–Kier alpha value is -1.64. The molecule has 2 rings (SSSR count). The summed E-state index contributed by atoms with van der Waals surface area (Å²) in [6, 6.07) is 5.60. The van der Waals surface area contributed by atoms with Crippen molar-refractivity contribution in [3.05, 3.63) is 29.5 Å². The number of ketones is 1. The van der Waals surface area contributed by atoms with Crippen molar-refractivity contribution in [3.63, 3.8) is 0 Å². The van der Waals surface area contributed by atoms with E-state index in [-0.39, 0.29) is 5.78 Å². The second-order valence-corrected chi connectivity index (χ2v) is 4.47. The topological polar surface area (TPSA) is 43.1 Å². The summed E-state index contributed by atoms with van der Waals surface area (Å²) in [5, 5.41) is 5.01. The molecule has 0 saturated heterocycles. The van der Waals surface area contributed by atoms with Gasteiger partial charge < -0.3 is 4.52 Å². The van der Waals surface area contributed by atoms with E-state index in [1.165, 1.54) is 0 Å². The predicted molar refractivity (Wildman–Crippen MR) is 62.6 cm³/mol. The van der Waals surface area contributed by atoms with E-state index in [0.29, 0.717) is 17.1 Å². The monoisotopic (exact) mass is 217 g/mol. The van der Waals surface area contributed by atoms with Crippen molar-refractivity contribution >= 4 is 16.8 Å². The molecule has 0 unspecified atom stereocenters. The number of para-hydroxylation sites is 1. The average Bonchev–Trinajstić information content (AvgIpc) is 2.60. The lowest BCUT2D eigenvalue weighted by molar-refractivity contribution is 0.101. The van der Waals surface area contributed by atoms with Crippen molar-refractivity contribution in [1.82, 2.24) is 5.16 Å². The summed E-state index contributed by atoms with van der Waals surface area (Å²) in [6.07, 6.45) is 0.869. The van der Waals surface area contributed by atoms with Crippen LogP contribution in [0.2, 0.25) is 0 Å². The first-order valence-electron chi connectivity index (χ1n) is 5.47. The molecule has 0 aliphatic carbocycles. The maximum atomic E-state index is 11.4. The first-order valence-corrected chi connectivity index (χ1v) is 5.47. The van der Waals surface area contributed by atoms with Gasteiger partial charge in [-0.2, -0.15) is 0 Å². The Balaban J connectivity index is 2.57. The van der Waals surface area contributed by atoms with Gasteiger partial charge >= 0.3 is 0 Å². The molecule has 0 aliphatic heterocycles. The Morgan fingerprint density at radius 3 is 2.81 bits per heavy atom. The molecule has 2 aromatic rings. The third kappa shape index (κ3) is 1.85. The van der Waals surface area contributed by atoms with Crippen LogP contribution >= 0.6 is 0 Å². The fourth-order valence-corrected chi connectivity index (χ4v) is 1.82. The van der Waals surface area contributed by atoms with Crippen LogP contribution in [0.15, 0.2) is 22.7 Å². The molecule has 0 N–H and O–H groups in total. The van der Waals surface area contributed by atoms with Crippen molar-refractivity contribution in [2.45, 2.75) is 27.2 Å². The van der Waals surface area contributed by atoms with Gasteiger partial charge in [-0.25, -0.2) is 0 Å². The maximum absolute atomic E-state index is 11.4. The quantitative estimate of drug-likeness (QED) is 0.741. The molecule has 0 saturated carbocycles. The van der Waals surface area contributed by atoms with Crippen LogP contribution in [0.3, 0.4) is 0 Å². The molecule has 3 heteroatoms. The molecule has 0 fully saturated rings. The minimum Gasteiger partial charge on any atom is -0.355 e. The molecule has 84 valence electrons. The normalized spacial score (nSPS) is 11.2. The number of benzene rings is 1. The van der Waals surface area contributed by atoms with E-state index in [1.54, 1.807) is 13.0 Å². The first kappa shape index (κ1) is 10.9. The summed E-state index contributed by atoms with van der Waals surface area (Å²) >= 11 is 0. The van der Waals surface area contributed by atoms with Crippen LogP contribution < -0.4 is 0 Å². The maximum Gasteiger partial charge on any atom is 0.177 e. The van der Waals surface area contributed by atoms with Gasteiger partial charge in [-0.15, -0.1) is 0 Å². The standard InChI is InChI=1S/C13H15NO2/c1-8(2)7-12-11-6-4-5-10(9(3)15)13(11)16-14-12/h4-6,8H,7H2,1-3H3. The summed E-state index contributed by atoms with van der Waals surface area (Å²) in [6.45, 7) is 5.81. The van der Waals surface area contributed by atoms with Crippen LogP contribution in [0.1, 0.15) is 36.8 Å². The van der Waals surface area contributed by atoms with E-state index < -0.39 is 0 Å². The van der Waals surface area contributed by atoms with Gasteiger partial charge in [-0.05, 0) is 31.4 Å². The number of Topliss-reactive ketones (excluding diaryl/α,β-unsaturated/α-hetero) is 1. The number of carbonyl (C=O) groups is 1. The molecule has 0 atom stereocenters. The molecule has 1 aromatic heterocycles. The molecule has 3 nitrogen and oxygen atoms in total. The van der Waals surface area contributed by atoms with Gasteiger partial charge in [0.1, 0.15) is 0 Å². The Bertz CT molecular complexity index is 526. The molecule has 0 spiro atoms. The van der Waals surface area contributed by atoms with Crippen LogP contribution in [-0.4, -0.2) is 10.9 Å². The summed E-state index contributed by atoms with van der Waals surface area (Å²) < 4.78 is 5.27. The average molecular weight is 217 g/mol. The lowest BCUT2D eigenvalue weighted by atomic mass is 10.0. The highest BCUT2D eigenvalue weighted by atomic mass is 16.5. The number of fused-ring (bicyclic) bond motifs is 1. The summed E-state index contributed by atoms with van der Waals surface area (Å²) in [5.41, 5.74) is 2.17. The van der Waals surface area contributed by atoms with Gasteiger partial charge in [-0.3, -0.25) is 4.79 Å². The zero-order chi connectivity index (χ0) is 11.7. The Morgan fingerprint density at radius 2 is 2.19 bits per heavy atom. The molecule has 0 amide bonds. The third-order valence-electron chi connectivity index (χ3n) is 2.55. The van der Waals surface area contributed by atoms with E-state index in [2.05, 4.69) is 19.0 Å². The third-order valence-corrected chi connectivity index (χ3v) is 2.55. The molecular formula is C13H15NO2. The van der Waals surface area contributed by atoms with Gasteiger partial charge in [0.25, 0.3) is 0 Å². The molecule has 0 radical (unpaired) electrons. The van der Waals surface area contributed by atoms with Crippen LogP contribution in [0.25, 0.3) is 11.0 Å². The molecule has 1 aromatic carbocycles. The van der Waals surface area contributed by atoms with Crippen molar-refractivity contribution < 1.29 is 9.32 Å². The summed E-state index contributed by atoms with van der Waals surface area (Å²) in [4.78, 5) is 11.4. The number of hydrogen-bond donors (Lipinski definition) is 0. The van der Waals surface area contributed by atoms with E-state index in [4.69, 9.17) is 4.52 Å². The van der Waals surface area contributed by atoms with Gasteiger partial charge in [0.2, 0.25) is 0 Å². The van der Waals surface area contributed by atoms with Gasteiger partial charge in [-0.1, -0.05) is 25.1 Å². The van der Waals surface area contributed by atoms with Crippen LogP contribution in [0.4, 0.5) is 0 Å². The van der Waals surface area contributed by atoms with E-state index in [9.17, 15) is 4.79 Å². The SMILES string of the molecule is CC(=O)c1cccc2c(CC(C)C)noc12. The number of carbonyl (C=O) groups excluding carboxylic acids is 1. The van der Waals surface area contributed by atoms with Crippen molar-refractivity contribution in [1.29, 1.82) is 0 Å². The number of aromatic nitrogens is 1. The molecule has 0 aliphatic rings. The van der Waals surface area contributed by atoms with Gasteiger partial charge in [0, 0.05) is 5.39 Å². The highest BCUT2D eigenvalue weighted by Gasteiger charge is 2.14. The predicted octanol–water partition coefficient (Wildman–Crippen LogP) is 3.23. The Labute approximate surface area is 94.4 Å². The van der Waals surface area contributed by atoms with Crippen molar-refractivity contribution in [2.24, 2.45) is 5.92 Å². The zero-order valence-electron chi connectivity index (χ0n) is 9.78. The molecule has 0 bridgehead atoms. The van der Waals surface area contributed by atoms with Crippen LogP contribution in [0.5, 0.6) is 0 Å². The Kier molecular flexibility index (Phi) is 2.77. The van der Waals surface area contributed by atoms with E-state index in [1.807, 2.05) is 12.1 Å². The van der Waals surface area contributed by atoms with E-state index in [0.717, 1.165) is 17.5 Å². The zero-order valence-corrected chi connectivity index (χ0v) is 9.78. The summed E-state index contributed by atoms with van der Waals surface area (Å²) in [5.74, 6) is 0.534. The second-order valence-electron chi connectivity index (χ2n) is 4.47.